The molecule has 1 amide bonds. The lowest BCUT2D eigenvalue weighted by Crippen LogP contribution is -2.29. The Balaban J connectivity index is 1.45. The Labute approximate surface area is 205 Å². The lowest BCUT2D eigenvalue weighted by molar-refractivity contribution is -0.123. The van der Waals surface area contributed by atoms with E-state index in [1.54, 1.807) is 19.4 Å². The van der Waals surface area contributed by atoms with Crippen molar-refractivity contribution >= 4 is 41.0 Å². The van der Waals surface area contributed by atoms with E-state index in [4.69, 9.17) is 27.9 Å². The second-order valence-electron chi connectivity index (χ2n) is 9.24. The van der Waals surface area contributed by atoms with Crippen LogP contribution in [0.15, 0.2) is 58.1 Å². The van der Waals surface area contributed by atoms with Crippen molar-refractivity contribution in [2.24, 2.45) is 22.4 Å². The predicted octanol–water partition coefficient (Wildman–Crippen LogP) is 5.69. The molecule has 2 atom stereocenters. The first-order valence-corrected chi connectivity index (χ1v) is 11.9. The van der Waals surface area contributed by atoms with Crippen LogP contribution in [-0.2, 0) is 17.8 Å². The number of allylic oxidation sites excluding steroid dienone is 1. The SMILES string of the molecule is COc1ccc(C=NNC(=O)C2C(C=C(Cl)Cl)C2(C)C)cc1CN1CCCc2ccccc21. The number of aryl methyl sites for hydroxylation is 1. The number of benzene rings is 2. The first-order chi connectivity index (χ1) is 15.8. The van der Waals surface area contributed by atoms with Crippen molar-refractivity contribution < 1.29 is 9.53 Å². The van der Waals surface area contributed by atoms with Crippen LogP contribution in [0, 0.1) is 17.3 Å². The summed E-state index contributed by atoms with van der Waals surface area (Å²) in [7, 11) is 1.69. The van der Waals surface area contributed by atoms with Gasteiger partial charge in [0.2, 0.25) is 5.91 Å². The van der Waals surface area contributed by atoms with Gasteiger partial charge in [0, 0.05) is 24.3 Å². The van der Waals surface area contributed by atoms with Gasteiger partial charge in [-0.05, 0) is 65.6 Å². The average molecular weight is 486 g/mol. The summed E-state index contributed by atoms with van der Waals surface area (Å²) in [4.78, 5) is 15.0. The third-order valence-electron chi connectivity index (χ3n) is 6.76. The van der Waals surface area contributed by atoms with Gasteiger partial charge >= 0.3 is 0 Å². The van der Waals surface area contributed by atoms with E-state index in [2.05, 4.69) is 45.8 Å². The number of para-hydroxylation sites is 1. The fourth-order valence-electron chi connectivity index (χ4n) is 4.85. The minimum absolute atomic E-state index is 0.0118. The number of methoxy groups -OCH3 is 1. The van der Waals surface area contributed by atoms with E-state index in [-0.39, 0.29) is 27.6 Å². The fourth-order valence-corrected chi connectivity index (χ4v) is 5.12. The zero-order chi connectivity index (χ0) is 23.6. The Hall–Kier alpha value is -2.50. The molecule has 2 aliphatic rings. The molecule has 0 spiro atoms. The molecule has 2 unspecified atom stereocenters. The fraction of sp³-hybridized carbons (Fsp3) is 0.385. The Morgan fingerprint density at radius 3 is 2.82 bits per heavy atom. The maximum Gasteiger partial charge on any atom is 0.244 e. The van der Waals surface area contributed by atoms with Crippen LogP contribution in [0.1, 0.15) is 37.0 Å². The molecule has 1 aliphatic heterocycles. The molecule has 0 saturated heterocycles. The molecule has 4 rings (SSSR count). The van der Waals surface area contributed by atoms with Crippen LogP contribution in [0.5, 0.6) is 5.75 Å². The number of hydrogen-bond acceptors (Lipinski definition) is 4. The smallest absolute Gasteiger partial charge is 0.244 e. The molecule has 0 aromatic heterocycles. The van der Waals surface area contributed by atoms with Crippen LogP contribution in [-0.4, -0.2) is 25.8 Å². The van der Waals surface area contributed by atoms with E-state index >= 15 is 0 Å². The molecule has 2 aromatic carbocycles. The predicted molar refractivity (Wildman–Crippen MR) is 135 cm³/mol. The number of anilines is 1. The number of halogens is 2. The summed E-state index contributed by atoms with van der Waals surface area (Å²) in [5.74, 6) is 0.516. The molecule has 1 fully saturated rings. The summed E-state index contributed by atoms with van der Waals surface area (Å²) in [6.45, 7) is 5.80. The van der Waals surface area contributed by atoms with E-state index in [0.29, 0.717) is 0 Å². The summed E-state index contributed by atoms with van der Waals surface area (Å²) in [6.07, 6.45) is 5.64. The summed E-state index contributed by atoms with van der Waals surface area (Å²) < 4.78 is 5.80. The molecule has 7 heteroatoms. The molecule has 0 radical (unpaired) electrons. The molecule has 5 nitrogen and oxygen atoms in total. The average Bonchev–Trinajstić information content (AvgIpc) is 3.33. The molecule has 1 N–H and O–H groups in total. The zero-order valence-electron chi connectivity index (χ0n) is 19.1. The highest BCUT2D eigenvalue weighted by atomic mass is 35.5. The number of carbonyl (C=O) groups excluding carboxylic acids is 1. The number of nitrogens with zero attached hydrogens (tertiary/aromatic N) is 2. The van der Waals surface area contributed by atoms with Gasteiger partial charge in [0.15, 0.2) is 0 Å². The van der Waals surface area contributed by atoms with Crippen molar-refractivity contribution in [1.82, 2.24) is 5.43 Å². The van der Waals surface area contributed by atoms with E-state index in [0.717, 1.165) is 42.8 Å². The molecule has 1 heterocycles. The third-order valence-corrected chi connectivity index (χ3v) is 7.01. The Morgan fingerprint density at radius 1 is 1.27 bits per heavy atom. The van der Waals surface area contributed by atoms with Gasteiger partial charge in [-0.15, -0.1) is 0 Å². The summed E-state index contributed by atoms with van der Waals surface area (Å²) in [6, 6.07) is 14.5. The number of hydrazone groups is 1. The molecular formula is C26H29Cl2N3O2. The summed E-state index contributed by atoms with van der Waals surface area (Å²) in [5, 5.41) is 4.20. The molecule has 0 bridgehead atoms. The van der Waals surface area contributed by atoms with E-state index in [1.807, 2.05) is 26.0 Å². The van der Waals surface area contributed by atoms with Gasteiger partial charge in [0.05, 0.1) is 19.2 Å². The van der Waals surface area contributed by atoms with Crippen molar-refractivity contribution in [2.75, 3.05) is 18.6 Å². The normalized spacial score (nSPS) is 20.8. The van der Waals surface area contributed by atoms with Gasteiger partial charge < -0.3 is 9.64 Å². The van der Waals surface area contributed by atoms with E-state index in [1.165, 1.54) is 11.3 Å². The van der Waals surface area contributed by atoms with Gasteiger partial charge in [-0.3, -0.25) is 4.79 Å². The standard InChI is InChI=1S/C26H29Cl2N3O2/c1-26(2)20(14-23(27)28)24(26)25(32)30-29-15-17-10-11-22(33-3)19(13-17)16-31-12-6-8-18-7-4-5-9-21(18)31/h4-5,7,9-11,13-15,20,24H,6,8,12,16H2,1-3H3,(H,30,32). The zero-order valence-corrected chi connectivity index (χ0v) is 20.7. The Kier molecular flexibility index (Phi) is 7.01. The maximum absolute atomic E-state index is 12.6. The molecule has 1 aliphatic carbocycles. The van der Waals surface area contributed by atoms with Crippen LogP contribution < -0.4 is 15.1 Å². The number of fused-ring (bicyclic) bond motifs is 1. The number of amides is 1. The molecule has 1 saturated carbocycles. The molecule has 33 heavy (non-hydrogen) atoms. The molecule has 2 aromatic rings. The highest BCUT2D eigenvalue weighted by molar-refractivity contribution is 6.55. The topological polar surface area (TPSA) is 53.9 Å². The molecular weight excluding hydrogens is 457 g/mol. The van der Waals surface area contributed by atoms with Crippen molar-refractivity contribution in [3.63, 3.8) is 0 Å². The lowest BCUT2D eigenvalue weighted by atomic mass is 10.0. The minimum Gasteiger partial charge on any atom is -0.496 e. The minimum atomic E-state index is -0.201. The van der Waals surface area contributed by atoms with E-state index < -0.39 is 0 Å². The van der Waals surface area contributed by atoms with Gasteiger partial charge in [-0.1, -0.05) is 55.2 Å². The first-order valence-electron chi connectivity index (χ1n) is 11.2. The number of hydrogen-bond donors (Lipinski definition) is 1. The third kappa shape index (κ3) is 5.20. The number of carbonyl (C=O) groups is 1. The van der Waals surface area contributed by atoms with Crippen LogP contribution in [0.3, 0.4) is 0 Å². The molecule has 174 valence electrons. The summed E-state index contributed by atoms with van der Waals surface area (Å²) in [5.41, 5.74) is 7.12. The number of nitrogens with one attached hydrogen (secondary N) is 1. The van der Waals surface area contributed by atoms with Crippen molar-refractivity contribution in [2.45, 2.75) is 33.2 Å². The van der Waals surface area contributed by atoms with Crippen molar-refractivity contribution in [3.05, 3.63) is 69.7 Å². The maximum atomic E-state index is 12.6. The van der Waals surface area contributed by atoms with Crippen LogP contribution in [0.25, 0.3) is 0 Å². The van der Waals surface area contributed by atoms with Gasteiger partial charge in [0.25, 0.3) is 0 Å². The highest BCUT2D eigenvalue weighted by Gasteiger charge is 2.60. The Morgan fingerprint density at radius 2 is 2.06 bits per heavy atom. The second kappa shape index (κ2) is 9.78. The van der Waals surface area contributed by atoms with Crippen LogP contribution >= 0.6 is 23.2 Å². The van der Waals surface area contributed by atoms with Gasteiger partial charge in [0.1, 0.15) is 10.2 Å². The van der Waals surface area contributed by atoms with Crippen molar-refractivity contribution in [3.8, 4) is 5.75 Å². The van der Waals surface area contributed by atoms with Crippen molar-refractivity contribution in [1.29, 1.82) is 0 Å². The van der Waals surface area contributed by atoms with Gasteiger partial charge in [-0.2, -0.15) is 5.10 Å². The van der Waals surface area contributed by atoms with E-state index in [9.17, 15) is 4.79 Å². The highest BCUT2D eigenvalue weighted by Crippen LogP contribution is 2.59. The van der Waals surface area contributed by atoms with Crippen LogP contribution in [0.4, 0.5) is 5.69 Å². The summed E-state index contributed by atoms with van der Waals surface area (Å²) >= 11 is 11.6. The lowest BCUT2D eigenvalue weighted by Gasteiger charge is -2.31. The monoisotopic (exact) mass is 485 g/mol. The first kappa shape index (κ1) is 23.7. The largest absolute Gasteiger partial charge is 0.496 e. The second-order valence-corrected chi connectivity index (χ2v) is 10.2. The number of rotatable bonds is 7. The number of ether oxygens (including phenoxy) is 1. The Bertz CT molecular complexity index is 1090. The quantitative estimate of drug-likeness (QED) is 0.404. The van der Waals surface area contributed by atoms with Crippen LogP contribution in [0.2, 0.25) is 0 Å². The van der Waals surface area contributed by atoms with Gasteiger partial charge in [-0.25, -0.2) is 5.43 Å².